The van der Waals surface area contributed by atoms with Crippen LogP contribution in [0, 0.1) is 0 Å². The van der Waals surface area contributed by atoms with Crippen LogP contribution in [0.2, 0.25) is 0 Å². The lowest BCUT2D eigenvalue weighted by Crippen LogP contribution is -2.53. The Morgan fingerprint density at radius 2 is 1.90 bits per heavy atom. The third-order valence-electron chi connectivity index (χ3n) is 4.89. The first-order valence-corrected chi connectivity index (χ1v) is 8.70. The molecule has 0 atom stereocenters. The van der Waals surface area contributed by atoms with Crippen LogP contribution >= 0.6 is 11.3 Å². The van der Waals surface area contributed by atoms with Gasteiger partial charge in [-0.3, -0.25) is 9.69 Å². The molecular weight excluding hydrogens is 280 g/mol. The summed E-state index contributed by atoms with van der Waals surface area (Å²) in [6.07, 6.45) is 4.08. The second kappa shape index (κ2) is 5.43. The summed E-state index contributed by atoms with van der Waals surface area (Å²) >= 11 is 1.72. The first-order valence-electron chi connectivity index (χ1n) is 7.82. The van der Waals surface area contributed by atoms with Crippen molar-refractivity contribution < 1.29 is 4.79 Å². The van der Waals surface area contributed by atoms with Crippen molar-refractivity contribution in [1.29, 1.82) is 0 Å². The van der Waals surface area contributed by atoms with Crippen molar-refractivity contribution in [3.8, 4) is 0 Å². The average Bonchev–Trinajstić information content (AvgIpc) is 2.93. The normalized spacial score (nSPS) is 20.7. The number of carbonyl (C=O) groups is 1. The van der Waals surface area contributed by atoms with E-state index in [1.54, 1.807) is 11.3 Å². The van der Waals surface area contributed by atoms with Crippen molar-refractivity contribution in [3.05, 3.63) is 35.2 Å². The maximum Gasteiger partial charge on any atom is 0.253 e. The van der Waals surface area contributed by atoms with Gasteiger partial charge in [-0.2, -0.15) is 0 Å². The van der Waals surface area contributed by atoms with E-state index < -0.39 is 0 Å². The Hall–Kier alpha value is -1.39. The summed E-state index contributed by atoms with van der Waals surface area (Å²) in [6, 6.07) is 8.96. The van der Waals surface area contributed by atoms with E-state index in [1.165, 1.54) is 29.3 Å². The summed E-state index contributed by atoms with van der Waals surface area (Å²) in [5.74, 6) is 0.191. The highest BCUT2D eigenvalue weighted by molar-refractivity contribution is 7.17. The van der Waals surface area contributed by atoms with Gasteiger partial charge in [0, 0.05) is 42.5 Å². The molecule has 1 saturated heterocycles. The highest BCUT2D eigenvalue weighted by Crippen LogP contribution is 2.26. The molecule has 0 radical (unpaired) electrons. The van der Waals surface area contributed by atoms with E-state index in [0.717, 1.165) is 37.8 Å². The maximum absolute atomic E-state index is 12.6. The molecule has 1 aromatic heterocycles. The number of thiophene rings is 1. The van der Waals surface area contributed by atoms with Crippen molar-refractivity contribution in [1.82, 2.24) is 9.80 Å². The molecule has 0 unspecified atom stereocenters. The number of fused-ring (bicyclic) bond motifs is 1. The van der Waals surface area contributed by atoms with E-state index >= 15 is 0 Å². The molecule has 1 aromatic carbocycles. The molecule has 1 aliphatic carbocycles. The number of rotatable bonds is 2. The molecule has 2 heterocycles. The van der Waals surface area contributed by atoms with E-state index in [-0.39, 0.29) is 5.91 Å². The molecule has 3 nitrogen and oxygen atoms in total. The van der Waals surface area contributed by atoms with Gasteiger partial charge in [-0.1, -0.05) is 6.42 Å². The topological polar surface area (TPSA) is 23.6 Å². The van der Waals surface area contributed by atoms with E-state index in [4.69, 9.17) is 0 Å². The van der Waals surface area contributed by atoms with Gasteiger partial charge in [0.05, 0.1) is 0 Å². The highest BCUT2D eigenvalue weighted by atomic mass is 32.1. The zero-order chi connectivity index (χ0) is 14.2. The monoisotopic (exact) mass is 300 g/mol. The first kappa shape index (κ1) is 13.3. The van der Waals surface area contributed by atoms with Crippen molar-refractivity contribution in [2.24, 2.45) is 0 Å². The molecule has 4 rings (SSSR count). The molecule has 1 saturated carbocycles. The molecule has 110 valence electrons. The molecule has 2 aliphatic rings. The van der Waals surface area contributed by atoms with Crippen LogP contribution in [0.4, 0.5) is 0 Å². The van der Waals surface area contributed by atoms with Crippen LogP contribution in [0.15, 0.2) is 29.6 Å². The van der Waals surface area contributed by atoms with Crippen LogP contribution in [0.25, 0.3) is 10.1 Å². The molecule has 2 aromatic rings. The number of carbonyl (C=O) groups excluding carboxylic acids is 1. The molecule has 4 heteroatoms. The molecule has 2 fully saturated rings. The van der Waals surface area contributed by atoms with Gasteiger partial charge in [0.2, 0.25) is 0 Å². The number of nitrogens with zero attached hydrogens (tertiary/aromatic N) is 2. The van der Waals surface area contributed by atoms with Gasteiger partial charge in [-0.25, -0.2) is 0 Å². The maximum atomic E-state index is 12.6. The SMILES string of the molecule is O=C(c1ccc2sccc2c1)N1CCN(C2CCC2)CC1. The van der Waals surface area contributed by atoms with Gasteiger partial charge in [0.15, 0.2) is 0 Å². The summed E-state index contributed by atoms with van der Waals surface area (Å²) in [5, 5.41) is 3.26. The number of hydrogen-bond donors (Lipinski definition) is 0. The lowest BCUT2D eigenvalue weighted by molar-refractivity contribution is 0.0455. The predicted molar refractivity (Wildman–Crippen MR) is 86.9 cm³/mol. The fourth-order valence-corrected chi connectivity index (χ4v) is 4.10. The summed E-state index contributed by atoms with van der Waals surface area (Å²) in [7, 11) is 0. The molecule has 1 aliphatic heterocycles. The highest BCUT2D eigenvalue weighted by Gasteiger charge is 2.29. The van der Waals surface area contributed by atoms with E-state index in [2.05, 4.69) is 22.4 Å². The van der Waals surface area contributed by atoms with E-state index in [0.29, 0.717) is 0 Å². The van der Waals surface area contributed by atoms with Crippen LogP contribution < -0.4 is 0 Å². The fraction of sp³-hybridized carbons (Fsp3) is 0.471. The van der Waals surface area contributed by atoms with Gasteiger partial charge in [0.1, 0.15) is 0 Å². The zero-order valence-corrected chi connectivity index (χ0v) is 12.9. The number of hydrogen-bond acceptors (Lipinski definition) is 3. The largest absolute Gasteiger partial charge is 0.336 e. The van der Waals surface area contributed by atoms with Gasteiger partial charge in [-0.15, -0.1) is 11.3 Å². The van der Waals surface area contributed by atoms with Crippen molar-refractivity contribution >= 4 is 27.3 Å². The van der Waals surface area contributed by atoms with Gasteiger partial charge < -0.3 is 4.90 Å². The minimum absolute atomic E-state index is 0.191. The Morgan fingerprint density at radius 3 is 2.62 bits per heavy atom. The Bertz CT molecular complexity index is 654. The summed E-state index contributed by atoms with van der Waals surface area (Å²) in [4.78, 5) is 17.2. The summed E-state index contributed by atoms with van der Waals surface area (Å²) in [6.45, 7) is 3.82. The van der Waals surface area contributed by atoms with Gasteiger partial charge in [-0.05, 0) is 47.9 Å². The molecule has 0 N–H and O–H groups in total. The van der Waals surface area contributed by atoms with Crippen LogP contribution in [-0.4, -0.2) is 47.9 Å². The van der Waals surface area contributed by atoms with Crippen LogP contribution in [0.1, 0.15) is 29.6 Å². The van der Waals surface area contributed by atoms with E-state index in [9.17, 15) is 4.79 Å². The van der Waals surface area contributed by atoms with Crippen LogP contribution in [-0.2, 0) is 0 Å². The van der Waals surface area contributed by atoms with Crippen LogP contribution in [0.3, 0.4) is 0 Å². The van der Waals surface area contributed by atoms with Crippen molar-refractivity contribution in [3.63, 3.8) is 0 Å². The second-order valence-corrected chi connectivity index (χ2v) is 7.03. The Morgan fingerprint density at radius 1 is 1.10 bits per heavy atom. The Kier molecular flexibility index (Phi) is 3.43. The third kappa shape index (κ3) is 2.47. The number of benzene rings is 1. The Labute approximate surface area is 129 Å². The minimum atomic E-state index is 0.191. The average molecular weight is 300 g/mol. The quantitative estimate of drug-likeness (QED) is 0.850. The Balaban J connectivity index is 1.45. The van der Waals surface area contributed by atoms with Crippen molar-refractivity contribution in [2.45, 2.75) is 25.3 Å². The lowest BCUT2D eigenvalue weighted by atomic mass is 9.91. The first-order chi connectivity index (χ1) is 10.3. The second-order valence-electron chi connectivity index (χ2n) is 6.09. The molecule has 0 spiro atoms. The van der Waals surface area contributed by atoms with Gasteiger partial charge >= 0.3 is 0 Å². The van der Waals surface area contributed by atoms with Crippen LogP contribution in [0.5, 0.6) is 0 Å². The lowest BCUT2D eigenvalue weighted by Gasteiger charge is -2.42. The smallest absolute Gasteiger partial charge is 0.253 e. The molecule has 1 amide bonds. The van der Waals surface area contributed by atoms with Gasteiger partial charge in [0.25, 0.3) is 5.91 Å². The summed E-state index contributed by atoms with van der Waals surface area (Å²) < 4.78 is 1.25. The standard InChI is InChI=1S/C17H20N2OS/c20-17(14-4-5-16-13(12-14)6-11-21-16)19-9-7-18(8-10-19)15-2-1-3-15/h4-6,11-12,15H,1-3,7-10H2. The van der Waals surface area contributed by atoms with Crippen molar-refractivity contribution in [2.75, 3.05) is 26.2 Å². The minimum Gasteiger partial charge on any atom is -0.336 e. The number of amides is 1. The fourth-order valence-electron chi connectivity index (χ4n) is 3.32. The molecule has 0 bridgehead atoms. The van der Waals surface area contributed by atoms with E-state index in [1.807, 2.05) is 17.0 Å². The molecular formula is C17H20N2OS. The summed E-state index contributed by atoms with van der Waals surface area (Å²) in [5.41, 5.74) is 0.831. The molecule has 21 heavy (non-hydrogen) atoms. The third-order valence-corrected chi connectivity index (χ3v) is 5.79. The zero-order valence-electron chi connectivity index (χ0n) is 12.1. The predicted octanol–water partition coefficient (Wildman–Crippen LogP) is 3.21. The number of piperazine rings is 1.